The molecular weight excluding hydrogens is 450 g/mol. The molecule has 0 aliphatic carbocycles. The van der Waals surface area contributed by atoms with Gasteiger partial charge < -0.3 is 14.9 Å². The number of nitrogens with two attached hydrogens (primary N) is 1. The largest absolute Gasteiger partial charge is 0.483 e. The lowest BCUT2D eigenvalue weighted by Crippen LogP contribution is -2.17. The van der Waals surface area contributed by atoms with Crippen LogP contribution in [0.1, 0.15) is 45.2 Å². The van der Waals surface area contributed by atoms with Crippen molar-refractivity contribution < 1.29 is 13.9 Å². The Kier molecular flexibility index (Phi) is 5.75. The lowest BCUT2D eigenvalue weighted by molar-refractivity contribution is 0.0988. The molecule has 1 amide bonds. The molecular formula is C23H20ClN3O4S. The molecule has 2 N–H and O–H groups in total. The minimum atomic E-state index is -0.756. The highest BCUT2D eigenvalue weighted by molar-refractivity contribution is 7.15. The fraction of sp³-hybridized carbons (Fsp3) is 0.217. The quantitative estimate of drug-likeness (QED) is 0.406. The van der Waals surface area contributed by atoms with Crippen molar-refractivity contribution in [2.24, 2.45) is 5.73 Å². The minimum absolute atomic E-state index is 0.0700. The van der Waals surface area contributed by atoms with Gasteiger partial charge in [-0.25, -0.2) is 9.97 Å². The smallest absolute Gasteiger partial charge is 0.271 e. The summed E-state index contributed by atoms with van der Waals surface area (Å²) in [5, 5.41) is 1.46. The van der Waals surface area contributed by atoms with Gasteiger partial charge in [-0.3, -0.25) is 9.59 Å². The van der Waals surface area contributed by atoms with E-state index in [4.69, 9.17) is 26.5 Å². The number of hydrogen-bond acceptors (Lipinski definition) is 7. The number of rotatable bonds is 5. The van der Waals surface area contributed by atoms with E-state index in [1.165, 1.54) is 23.5 Å². The van der Waals surface area contributed by atoms with Gasteiger partial charge in [-0.15, -0.1) is 11.3 Å². The molecule has 0 aliphatic rings. The predicted octanol–water partition coefficient (Wildman–Crippen LogP) is 5.13. The summed E-state index contributed by atoms with van der Waals surface area (Å²) >= 11 is 7.35. The number of benzene rings is 1. The molecule has 7 nitrogen and oxygen atoms in total. The van der Waals surface area contributed by atoms with E-state index in [0.29, 0.717) is 27.9 Å². The monoisotopic (exact) mass is 469 g/mol. The highest BCUT2D eigenvalue weighted by Gasteiger charge is 2.22. The van der Waals surface area contributed by atoms with Gasteiger partial charge in [0.15, 0.2) is 22.6 Å². The Morgan fingerprint density at radius 2 is 2.00 bits per heavy atom. The zero-order valence-electron chi connectivity index (χ0n) is 17.9. The highest BCUT2D eigenvalue weighted by atomic mass is 35.5. The maximum Gasteiger partial charge on any atom is 0.271 e. The zero-order valence-corrected chi connectivity index (χ0v) is 19.4. The molecule has 0 aliphatic heterocycles. The Balaban J connectivity index is 1.88. The first-order valence-electron chi connectivity index (χ1n) is 9.79. The lowest BCUT2D eigenvalue weighted by atomic mass is 10.0. The third-order valence-corrected chi connectivity index (χ3v) is 6.16. The first-order chi connectivity index (χ1) is 15.2. The van der Waals surface area contributed by atoms with E-state index in [1.807, 2.05) is 19.9 Å². The van der Waals surface area contributed by atoms with E-state index < -0.39 is 12.0 Å². The fourth-order valence-corrected chi connectivity index (χ4v) is 4.48. The predicted molar refractivity (Wildman–Crippen MR) is 125 cm³/mol. The molecule has 3 aromatic heterocycles. The Hall–Kier alpha value is -3.23. The molecule has 0 fully saturated rings. The van der Waals surface area contributed by atoms with Gasteiger partial charge in [0.05, 0.1) is 15.3 Å². The van der Waals surface area contributed by atoms with Crippen molar-refractivity contribution in [1.82, 2.24) is 9.97 Å². The maximum atomic E-state index is 13.2. The van der Waals surface area contributed by atoms with Crippen molar-refractivity contribution in [2.45, 2.75) is 33.8 Å². The lowest BCUT2D eigenvalue weighted by Gasteiger charge is -2.19. The van der Waals surface area contributed by atoms with Crippen molar-refractivity contribution in [3.8, 4) is 16.4 Å². The summed E-state index contributed by atoms with van der Waals surface area (Å²) < 4.78 is 12.3. The number of carbonyl (C=O) groups excluding carboxylic acids is 1. The van der Waals surface area contributed by atoms with Crippen molar-refractivity contribution in [3.05, 3.63) is 73.2 Å². The average Bonchev–Trinajstić information content (AvgIpc) is 3.17. The van der Waals surface area contributed by atoms with Crippen molar-refractivity contribution in [2.75, 3.05) is 0 Å². The summed E-state index contributed by atoms with van der Waals surface area (Å²) in [5.74, 6) is -0.0815. The molecule has 1 atom stereocenters. The molecule has 0 radical (unpaired) electrons. The van der Waals surface area contributed by atoms with Gasteiger partial charge in [-0.1, -0.05) is 11.6 Å². The average molecular weight is 470 g/mol. The summed E-state index contributed by atoms with van der Waals surface area (Å²) in [7, 11) is 0. The Morgan fingerprint density at radius 1 is 1.25 bits per heavy atom. The van der Waals surface area contributed by atoms with Crippen molar-refractivity contribution >= 4 is 39.8 Å². The highest BCUT2D eigenvalue weighted by Crippen LogP contribution is 2.35. The number of ether oxygens (including phenoxy) is 1. The second-order valence-electron chi connectivity index (χ2n) is 7.46. The second kappa shape index (κ2) is 8.37. The van der Waals surface area contributed by atoms with Gasteiger partial charge in [-0.2, -0.15) is 0 Å². The summed E-state index contributed by atoms with van der Waals surface area (Å²) in [5.41, 5.74) is 7.71. The number of halogens is 1. The minimum Gasteiger partial charge on any atom is -0.483 e. The van der Waals surface area contributed by atoms with E-state index >= 15 is 0 Å². The Labute approximate surface area is 192 Å². The number of primary amides is 1. The molecule has 0 bridgehead atoms. The number of aryl methyl sites for hydroxylation is 2. The van der Waals surface area contributed by atoms with E-state index in [1.54, 1.807) is 26.1 Å². The van der Waals surface area contributed by atoms with Crippen LogP contribution in [0.25, 0.3) is 21.6 Å². The van der Waals surface area contributed by atoms with Crippen LogP contribution in [0.15, 0.2) is 39.7 Å². The number of amides is 1. The topological polar surface area (TPSA) is 108 Å². The maximum absolute atomic E-state index is 13.2. The molecule has 0 saturated carbocycles. The van der Waals surface area contributed by atoms with Crippen LogP contribution in [0.3, 0.4) is 0 Å². The molecule has 164 valence electrons. The first kappa shape index (κ1) is 22.0. The SMILES string of the molecule is Cc1cc([C@@H](C)Oc2ccc(Cl)nc2C(N)=O)c2oc(-c3cnc(C)s3)c(C)c(=O)c2c1. The third kappa shape index (κ3) is 3.99. The summed E-state index contributed by atoms with van der Waals surface area (Å²) in [4.78, 5) is 34.0. The molecule has 0 spiro atoms. The molecule has 0 saturated heterocycles. The normalized spacial score (nSPS) is 12.2. The van der Waals surface area contributed by atoms with Gasteiger partial charge in [0.2, 0.25) is 0 Å². The van der Waals surface area contributed by atoms with E-state index in [-0.39, 0.29) is 22.0 Å². The number of thiazole rings is 1. The van der Waals surface area contributed by atoms with Crippen LogP contribution in [-0.4, -0.2) is 15.9 Å². The Morgan fingerprint density at radius 3 is 2.66 bits per heavy atom. The van der Waals surface area contributed by atoms with Crippen molar-refractivity contribution in [1.29, 1.82) is 0 Å². The standard InChI is InChI=1S/C23H20ClN3O4S/c1-10-7-14(12(3)30-16-5-6-18(24)27-19(16)23(25)29)22-15(8-10)20(28)11(2)21(31-22)17-9-26-13(4)32-17/h5-9,12H,1-4H3,(H2,25,29)/t12-/m1/s1. The van der Waals surface area contributed by atoms with Crippen LogP contribution in [0.5, 0.6) is 5.75 Å². The van der Waals surface area contributed by atoms with Gasteiger partial charge in [0, 0.05) is 17.3 Å². The number of fused-ring (bicyclic) bond motifs is 1. The Bertz CT molecular complexity index is 1430. The molecule has 4 rings (SSSR count). The zero-order chi connectivity index (χ0) is 23.2. The first-order valence-corrected chi connectivity index (χ1v) is 11.0. The van der Waals surface area contributed by atoms with Crippen LogP contribution < -0.4 is 15.9 Å². The summed E-state index contributed by atoms with van der Waals surface area (Å²) in [6.07, 6.45) is 1.11. The molecule has 0 unspecified atom stereocenters. The number of aromatic nitrogens is 2. The molecule has 32 heavy (non-hydrogen) atoms. The van der Waals surface area contributed by atoms with Crippen LogP contribution in [0, 0.1) is 20.8 Å². The van der Waals surface area contributed by atoms with E-state index in [2.05, 4.69) is 9.97 Å². The van der Waals surface area contributed by atoms with Gasteiger partial charge in [-0.05, 0) is 57.5 Å². The number of pyridine rings is 1. The van der Waals surface area contributed by atoms with E-state index in [9.17, 15) is 9.59 Å². The van der Waals surface area contributed by atoms with Crippen LogP contribution in [-0.2, 0) is 0 Å². The summed E-state index contributed by atoms with van der Waals surface area (Å²) in [6.45, 7) is 7.33. The van der Waals surface area contributed by atoms with Gasteiger partial charge >= 0.3 is 0 Å². The van der Waals surface area contributed by atoms with E-state index in [0.717, 1.165) is 15.4 Å². The summed E-state index contributed by atoms with van der Waals surface area (Å²) in [6, 6.07) is 6.74. The third-order valence-electron chi connectivity index (χ3n) is 5.04. The van der Waals surface area contributed by atoms with Gasteiger partial charge in [0.25, 0.3) is 5.91 Å². The number of carbonyl (C=O) groups is 1. The van der Waals surface area contributed by atoms with Crippen LogP contribution >= 0.6 is 22.9 Å². The van der Waals surface area contributed by atoms with Crippen LogP contribution in [0.4, 0.5) is 0 Å². The molecule has 1 aromatic carbocycles. The number of nitrogens with zero attached hydrogens (tertiary/aromatic N) is 2. The number of hydrogen-bond donors (Lipinski definition) is 1. The molecule has 3 heterocycles. The molecule has 4 aromatic rings. The van der Waals surface area contributed by atoms with Crippen molar-refractivity contribution in [3.63, 3.8) is 0 Å². The fourth-order valence-electron chi connectivity index (χ4n) is 3.52. The second-order valence-corrected chi connectivity index (χ2v) is 9.09. The van der Waals surface area contributed by atoms with Crippen LogP contribution in [0.2, 0.25) is 5.15 Å². The van der Waals surface area contributed by atoms with Gasteiger partial charge in [0.1, 0.15) is 16.8 Å². The molecule has 9 heteroatoms.